The molecule has 22 heavy (non-hydrogen) atoms. The largest absolute Gasteiger partial charge is 0.511 e. The summed E-state index contributed by atoms with van der Waals surface area (Å²) in [4.78, 5) is 0. The molecule has 5 nitrogen and oxygen atoms in total. The molecule has 0 unspecified atom stereocenters. The van der Waals surface area contributed by atoms with Crippen LogP contribution in [-0.2, 0) is 18.9 Å². The van der Waals surface area contributed by atoms with Crippen molar-refractivity contribution in [3.63, 3.8) is 0 Å². The Labute approximate surface area is 130 Å². The van der Waals surface area contributed by atoms with Crippen LogP contribution in [0.4, 0.5) is 0 Å². The predicted octanol–water partition coefficient (Wildman–Crippen LogP) is 3.00. The fraction of sp³-hybridized carbons (Fsp3) is 0.588. The second-order valence-electron chi connectivity index (χ2n) is 7.34. The average molecular weight is 298 g/mol. The Morgan fingerprint density at radius 2 is 2.14 bits per heavy atom. The van der Waals surface area contributed by atoms with Gasteiger partial charge in [-0.2, -0.15) is 10.4 Å². The molecule has 5 heteroatoms. The van der Waals surface area contributed by atoms with E-state index >= 15 is 0 Å². The molecule has 2 aliphatic carbocycles. The van der Waals surface area contributed by atoms with Crippen LogP contribution in [0.15, 0.2) is 11.3 Å². The summed E-state index contributed by atoms with van der Waals surface area (Å²) in [6.07, 6.45) is 3.61. The Kier molecular flexibility index (Phi) is 3.00. The highest BCUT2D eigenvalue weighted by Gasteiger charge is 2.55. The fourth-order valence-corrected chi connectivity index (χ4v) is 4.72. The number of hydrogen-bond acceptors (Lipinski definition) is 4. The lowest BCUT2D eigenvalue weighted by Gasteiger charge is -2.52. The average Bonchev–Trinajstić information content (AvgIpc) is 2.80. The van der Waals surface area contributed by atoms with Crippen LogP contribution in [0.2, 0.25) is 0 Å². The van der Waals surface area contributed by atoms with E-state index in [2.05, 4.69) is 18.1 Å². The lowest BCUT2D eigenvalue weighted by molar-refractivity contribution is 0.0641. The zero-order chi connectivity index (χ0) is 16.3. The van der Waals surface area contributed by atoms with Crippen molar-refractivity contribution in [1.82, 2.24) is 9.78 Å². The van der Waals surface area contributed by atoms with Crippen LogP contribution in [0.25, 0.3) is 0 Å². The van der Waals surface area contributed by atoms with E-state index in [0.717, 1.165) is 24.1 Å². The molecule has 0 spiro atoms. The van der Waals surface area contributed by atoms with Crippen molar-refractivity contribution in [1.29, 1.82) is 10.7 Å². The van der Waals surface area contributed by atoms with E-state index in [-0.39, 0.29) is 16.7 Å². The predicted molar refractivity (Wildman–Crippen MR) is 83.9 cm³/mol. The molecular formula is C17H22N4O. The Morgan fingerprint density at radius 1 is 1.45 bits per heavy atom. The maximum absolute atomic E-state index is 10.6. The van der Waals surface area contributed by atoms with E-state index in [0.29, 0.717) is 23.4 Å². The molecule has 0 radical (unpaired) electrons. The third-order valence-corrected chi connectivity index (χ3v) is 5.76. The van der Waals surface area contributed by atoms with Crippen LogP contribution in [0.3, 0.4) is 0 Å². The van der Waals surface area contributed by atoms with E-state index in [4.69, 9.17) is 5.41 Å². The number of aliphatic hydroxyl groups is 1. The third-order valence-electron chi connectivity index (χ3n) is 5.76. The first-order valence-corrected chi connectivity index (χ1v) is 7.67. The Morgan fingerprint density at radius 3 is 2.73 bits per heavy atom. The number of aryl methyl sites for hydroxylation is 1. The lowest BCUT2D eigenvalue weighted by atomic mass is 9.52. The van der Waals surface area contributed by atoms with Gasteiger partial charge in [0.25, 0.3) is 0 Å². The number of hydrogen-bond donors (Lipinski definition) is 2. The third kappa shape index (κ3) is 1.64. The van der Waals surface area contributed by atoms with E-state index in [9.17, 15) is 10.4 Å². The lowest BCUT2D eigenvalue weighted by Crippen LogP contribution is -2.49. The minimum atomic E-state index is -0.387. The number of aromatic nitrogens is 2. The van der Waals surface area contributed by atoms with Crippen molar-refractivity contribution >= 4 is 6.21 Å². The minimum Gasteiger partial charge on any atom is -0.511 e. The maximum atomic E-state index is 10.6. The number of aliphatic hydroxyl groups excluding tert-OH is 1. The van der Waals surface area contributed by atoms with E-state index in [1.165, 1.54) is 6.21 Å². The van der Waals surface area contributed by atoms with Crippen molar-refractivity contribution in [3.05, 3.63) is 28.3 Å². The molecule has 116 valence electrons. The monoisotopic (exact) mass is 298 g/mol. The van der Waals surface area contributed by atoms with Crippen molar-refractivity contribution in [2.75, 3.05) is 0 Å². The van der Waals surface area contributed by atoms with Crippen molar-refractivity contribution in [2.45, 2.75) is 45.4 Å². The van der Waals surface area contributed by atoms with E-state index in [1.54, 1.807) is 4.68 Å². The molecule has 2 atom stereocenters. The summed E-state index contributed by atoms with van der Waals surface area (Å²) in [5.74, 6) is 0.586. The molecule has 0 aliphatic heterocycles. The Hall–Kier alpha value is -2.09. The quantitative estimate of drug-likeness (QED) is 0.781. The van der Waals surface area contributed by atoms with Crippen LogP contribution in [0.5, 0.6) is 0 Å². The molecule has 2 N–H and O–H groups in total. The van der Waals surface area contributed by atoms with Crippen LogP contribution in [-0.4, -0.2) is 21.1 Å². The normalized spacial score (nSPS) is 29.5. The minimum absolute atomic E-state index is 0.247. The Bertz CT molecular complexity index is 735. The van der Waals surface area contributed by atoms with Gasteiger partial charge in [-0.25, -0.2) is 0 Å². The molecule has 0 amide bonds. The number of rotatable bonds is 1. The first-order valence-electron chi connectivity index (χ1n) is 7.67. The smallest absolute Gasteiger partial charge is 0.141 e. The molecule has 0 saturated heterocycles. The number of nitrogens with zero attached hydrogens (tertiary/aromatic N) is 3. The number of allylic oxidation sites excluding steroid dienone is 2. The van der Waals surface area contributed by atoms with Gasteiger partial charge in [0.05, 0.1) is 5.69 Å². The molecule has 0 saturated carbocycles. The molecule has 1 aromatic rings. The highest BCUT2D eigenvalue weighted by molar-refractivity contribution is 5.78. The second-order valence-corrected chi connectivity index (χ2v) is 7.34. The van der Waals surface area contributed by atoms with Gasteiger partial charge in [-0.15, -0.1) is 0 Å². The SMILES string of the molecule is Cn1nc2c(c1C#N)CC[C@H]1C(C)(C)C(O)=C(C=N)C[C@]21C. The van der Waals surface area contributed by atoms with Gasteiger partial charge >= 0.3 is 0 Å². The molecule has 0 bridgehead atoms. The number of fused-ring (bicyclic) bond motifs is 3. The summed E-state index contributed by atoms with van der Waals surface area (Å²) in [5.41, 5.74) is 2.71. The summed E-state index contributed by atoms with van der Waals surface area (Å²) >= 11 is 0. The van der Waals surface area contributed by atoms with Crippen LogP contribution in [0.1, 0.15) is 50.6 Å². The maximum Gasteiger partial charge on any atom is 0.141 e. The number of nitrogens with one attached hydrogen (secondary N) is 1. The fourth-order valence-electron chi connectivity index (χ4n) is 4.72. The van der Waals surface area contributed by atoms with Crippen LogP contribution < -0.4 is 0 Å². The Balaban J connectivity index is 2.25. The summed E-state index contributed by atoms with van der Waals surface area (Å²) in [6, 6.07) is 2.27. The zero-order valence-electron chi connectivity index (χ0n) is 13.6. The second kappa shape index (κ2) is 4.45. The summed E-state index contributed by atoms with van der Waals surface area (Å²) in [6.45, 7) is 6.27. The van der Waals surface area contributed by atoms with Crippen molar-refractivity contribution in [3.8, 4) is 6.07 Å². The van der Waals surface area contributed by atoms with E-state index < -0.39 is 0 Å². The highest BCUT2D eigenvalue weighted by atomic mass is 16.3. The summed E-state index contributed by atoms with van der Waals surface area (Å²) in [7, 11) is 1.81. The summed E-state index contributed by atoms with van der Waals surface area (Å²) < 4.78 is 1.67. The molecular weight excluding hydrogens is 276 g/mol. The van der Waals surface area contributed by atoms with Gasteiger partial charge in [-0.05, 0) is 25.2 Å². The number of nitriles is 1. The first kappa shape index (κ1) is 14.8. The molecule has 0 fully saturated rings. The zero-order valence-corrected chi connectivity index (χ0v) is 13.6. The summed E-state index contributed by atoms with van der Waals surface area (Å²) in [5, 5.41) is 32.2. The van der Waals surface area contributed by atoms with Crippen LogP contribution >= 0.6 is 0 Å². The standard InChI is InChI=1S/C17H22N4O/c1-16(2)13-6-5-11-12(9-19)21(4)20-14(11)17(13,3)7-10(8-18)15(16)22/h8,13,18,22H,5-7H2,1-4H3/t13-,17-/m0/s1. The molecule has 1 heterocycles. The van der Waals surface area contributed by atoms with Gasteiger partial charge in [0.1, 0.15) is 17.5 Å². The molecule has 0 aromatic carbocycles. The van der Waals surface area contributed by atoms with Gasteiger partial charge in [-0.3, -0.25) is 4.68 Å². The van der Waals surface area contributed by atoms with Gasteiger partial charge in [0.15, 0.2) is 0 Å². The molecule has 3 rings (SSSR count). The van der Waals surface area contributed by atoms with Crippen molar-refractivity contribution < 1.29 is 5.11 Å². The van der Waals surface area contributed by atoms with Crippen molar-refractivity contribution in [2.24, 2.45) is 18.4 Å². The topological polar surface area (TPSA) is 85.7 Å². The van der Waals surface area contributed by atoms with E-state index in [1.807, 2.05) is 20.9 Å². The van der Waals surface area contributed by atoms with Gasteiger partial charge in [-0.1, -0.05) is 20.8 Å². The molecule has 2 aliphatic rings. The first-order chi connectivity index (χ1) is 10.3. The highest BCUT2D eigenvalue weighted by Crippen LogP contribution is 2.57. The van der Waals surface area contributed by atoms with Gasteiger partial charge in [0, 0.05) is 35.2 Å². The van der Waals surface area contributed by atoms with Crippen LogP contribution in [0, 0.1) is 28.1 Å². The van der Waals surface area contributed by atoms with Gasteiger partial charge in [0.2, 0.25) is 0 Å². The van der Waals surface area contributed by atoms with Gasteiger partial charge < -0.3 is 10.5 Å². The molecule has 1 aromatic heterocycles.